The lowest BCUT2D eigenvalue weighted by atomic mass is 9.92. The van der Waals surface area contributed by atoms with Gasteiger partial charge in [-0.3, -0.25) is 4.90 Å². The number of nitrogens with zero attached hydrogens (tertiary/aromatic N) is 5. The molecule has 18 heavy (non-hydrogen) atoms. The Bertz CT molecular complexity index is 363. The number of rotatable bonds is 5. The third kappa shape index (κ3) is 3.05. The van der Waals surface area contributed by atoms with Crippen molar-refractivity contribution >= 4 is 0 Å². The average molecular weight is 252 g/mol. The summed E-state index contributed by atoms with van der Waals surface area (Å²) in [6, 6.07) is 0.473. The van der Waals surface area contributed by atoms with Crippen LogP contribution in [-0.4, -0.2) is 44.2 Å². The van der Waals surface area contributed by atoms with Crippen molar-refractivity contribution in [3.63, 3.8) is 0 Å². The second kappa shape index (κ2) is 6.24. The standard InChI is InChI=1S/C12H24N6/c1-3-5-18-12(14-15-16-18)9-17-6-4-10(2)7-11(17)8-13/h10-11H,3-9,13H2,1-2H3. The molecule has 2 N–H and O–H groups in total. The van der Waals surface area contributed by atoms with Crippen LogP contribution in [0.3, 0.4) is 0 Å². The van der Waals surface area contributed by atoms with Gasteiger partial charge in [0.2, 0.25) is 0 Å². The second-order valence-electron chi connectivity index (χ2n) is 5.31. The minimum absolute atomic E-state index is 0.473. The molecule has 1 aliphatic heterocycles. The Balaban J connectivity index is 2.00. The van der Waals surface area contributed by atoms with Crippen molar-refractivity contribution in [1.29, 1.82) is 0 Å². The molecule has 0 spiro atoms. The lowest BCUT2D eigenvalue weighted by Crippen LogP contribution is -2.46. The van der Waals surface area contributed by atoms with Crippen LogP contribution in [0.2, 0.25) is 0 Å². The van der Waals surface area contributed by atoms with Crippen molar-refractivity contribution in [1.82, 2.24) is 25.1 Å². The number of nitrogens with two attached hydrogens (primary N) is 1. The zero-order valence-electron chi connectivity index (χ0n) is 11.4. The maximum atomic E-state index is 5.88. The Morgan fingerprint density at radius 3 is 3.00 bits per heavy atom. The molecule has 0 amide bonds. The number of likely N-dealkylation sites (tertiary alicyclic amines) is 1. The number of aryl methyl sites for hydroxylation is 1. The summed E-state index contributed by atoms with van der Waals surface area (Å²) in [7, 11) is 0. The number of hydrogen-bond acceptors (Lipinski definition) is 5. The van der Waals surface area contributed by atoms with E-state index in [1.54, 1.807) is 0 Å². The highest BCUT2D eigenvalue weighted by Gasteiger charge is 2.26. The van der Waals surface area contributed by atoms with E-state index >= 15 is 0 Å². The molecule has 0 aliphatic carbocycles. The Morgan fingerprint density at radius 1 is 1.44 bits per heavy atom. The fourth-order valence-electron chi connectivity index (χ4n) is 2.66. The van der Waals surface area contributed by atoms with Crippen LogP contribution in [0.5, 0.6) is 0 Å². The van der Waals surface area contributed by atoms with Gasteiger partial charge in [-0.05, 0) is 42.2 Å². The van der Waals surface area contributed by atoms with Crippen molar-refractivity contribution in [2.45, 2.75) is 52.2 Å². The smallest absolute Gasteiger partial charge is 0.165 e. The molecule has 2 unspecified atom stereocenters. The molecule has 2 heterocycles. The highest BCUT2D eigenvalue weighted by atomic mass is 15.5. The Morgan fingerprint density at radius 2 is 2.28 bits per heavy atom. The summed E-state index contributed by atoms with van der Waals surface area (Å²) >= 11 is 0. The first kappa shape index (κ1) is 13.4. The van der Waals surface area contributed by atoms with E-state index in [1.807, 2.05) is 4.68 Å². The van der Waals surface area contributed by atoms with Gasteiger partial charge in [0, 0.05) is 19.1 Å². The van der Waals surface area contributed by atoms with Crippen LogP contribution in [0.15, 0.2) is 0 Å². The number of piperidine rings is 1. The summed E-state index contributed by atoms with van der Waals surface area (Å²) in [5.41, 5.74) is 5.88. The minimum atomic E-state index is 0.473. The first-order valence-corrected chi connectivity index (χ1v) is 6.93. The lowest BCUT2D eigenvalue weighted by Gasteiger charge is -2.37. The largest absolute Gasteiger partial charge is 0.329 e. The molecule has 1 aromatic heterocycles. The van der Waals surface area contributed by atoms with Crippen molar-refractivity contribution in [3.8, 4) is 0 Å². The molecule has 6 heteroatoms. The van der Waals surface area contributed by atoms with Gasteiger partial charge in [0.15, 0.2) is 5.82 Å². The summed E-state index contributed by atoms with van der Waals surface area (Å²) in [6.07, 6.45) is 3.48. The molecule has 6 nitrogen and oxygen atoms in total. The molecular weight excluding hydrogens is 228 g/mol. The highest BCUT2D eigenvalue weighted by Crippen LogP contribution is 2.23. The van der Waals surface area contributed by atoms with Crippen molar-refractivity contribution in [2.75, 3.05) is 13.1 Å². The van der Waals surface area contributed by atoms with E-state index < -0.39 is 0 Å². The van der Waals surface area contributed by atoms with E-state index in [1.165, 1.54) is 12.8 Å². The SMILES string of the molecule is CCCn1nnnc1CN1CCC(C)CC1CN. The zero-order valence-corrected chi connectivity index (χ0v) is 11.4. The predicted octanol–water partition coefficient (Wildman–Crippen LogP) is 0.642. The number of aromatic nitrogens is 4. The minimum Gasteiger partial charge on any atom is -0.329 e. The fourth-order valence-corrected chi connectivity index (χ4v) is 2.66. The normalized spacial score (nSPS) is 25.5. The Labute approximate surface area is 109 Å². The van der Waals surface area contributed by atoms with E-state index in [0.717, 1.165) is 44.3 Å². The van der Waals surface area contributed by atoms with Gasteiger partial charge in [-0.2, -0.15) is 0 Å². The van der Waals surface area contributed by atoms with Crippen LogP contribution in [0.4, 0.5) is 0 Å². The van der Waals surface area contributed by atoms with Gasteiger partial charge in [0.25, 0.3) is 0 Å². The monoisotopic (exact) mass is 252 g/mol. The molecule has 0 aromatic carbocycles. The van der Waals surface area contributed by atoms with Gasteiger partial charge in [0.1, 0.15) is 0 Å². The van der Waals surface area contributed by atoms with E-state index in [4.69, 9.17) is 5.73 Å². The van der Waals surface area contributed by atoms with Crippen molar-refractivity contribution in [3.05, 3.63) is 5.82 Å². The topological polar surface area (TPSA) is 72.9 Å². The third-order valence-electron chi connectivity index (χ3n) is 3.76. The Kier molecular flexibility index (Phi) is 4.66. The quantitative estimate of drug-likeness (QED) is 0.832. The van der Waals surface area contributed by atoms with Crippen LogP contribution in [0.25, 0.3) is 0 Å². The van der Waals surface area contributed by atoms with E-state index in [0.29, 0.717) is 6.04 Å². The van der Waals surface area contributed by atoms with Gasteiger partial charge in [-0.1, -0.05) is 13.8 Å². The van der Waals surface area contributed by atoms with Crippen LogP contribution in [0.1, 0.15) is 38.9 Å². The third-order valence-corrected chi connectivity index (χ3v) is 3.76. The molecule has 0 bridgehead atoms. The maximum Gasteiger partial charge on any atom is 0.165 e. The first-order chi connectivity index (χ1) is 8.74. The van der Waals surface area contributed by atoms with Crippen LogP contribution in [-0.2, 0) is 13.1 Å². The predicted molar refractivity (Wildman–Crippen MR) is 69.8 cm³/mol. The molecule has 1 saturated heterocycles. The number of tetrazole rings is 1. The first-order valence-electron chi connectivity index (χ1n) is 6.93. The van der Waals surface area contributed by atoms with E-state index in [-0.39, 0.29) is 0 Å². The van der Waals surface area contributed by atoms with Gasteiger partial charge in [-0.25, -0.2) is 4.68 Å². The average Bonchev–Trinajstić information content (AvgIpc) is 2.79. The van der Waals surface area contributed by atoms with Gasteiger partial charge in [0.05, 0.1) is 6.54 Å². The molecular formula is C12H24N6. The molecule has 1 aromatic rings. The van der Waals surface area contributed by atoms with E-state index in [9.17, 15) is 0 Å². The van der Waals surface area contributed by atoms with Crippen LogP contribution >= 0.6 is 0 Å². The fraction of sp³-hybridized carbons (Fsp3) is 0.917. The second-order valence-corrected chi connectivity index (χ2v) is 5.31. The highest BCUT2D eigenvalue weighted by molar-refractivity contribution is 4.87. The van der Waals surface area contributed by atoms with Gasteiger partial charge < -0.3 is 5.73 Å². The number of hydrogen-bond donors (Lipinski definition) is 1. The molecule has 0 saturated carbocycles. The molecule has 2 atom stereocenters. The summed E-state index contributed by atoms with van der Waals surface area (Å²) in [5, 5.41) is 11.9. The summed E-state index contributed by atoms with van der Waals surface area (Å²) in [6.45, 7) is 7.97. The maximum absolute atomic E-state index is 5.88. The van der Waals surface area contributed by atoms with Gasteiger partial charge >= 0.3 is 0 Å². The summed E-state index contributed by atoms with van der Waals surface area (Å²) in [5.74, 6) is 1.74. The van der Waals surface area contributed by atoms with Gasteiger partial charge in [-0.15, -0.1) is 5.10 Å². The zero-order chi connectivity index (χ0) is 13.0. The Hall–Kier alpha value is -1.01. The molecule has 1 fully saturated rings. The molecule has 0 radical (unpaired) electrons. The van der Waals surface area contributed by atoms with Crippen LogP contribution < -0.4 is 5.73 Å². The molecule has 102 valence electrons. The molecule has 2 rings (SSSR count). The summed E-state index contributed by atoms with van der Waals surface area (Å²) in [4.78, 5) is 2.43. The molecule has 1 aliphatic rings. The van der Waals surface area contributed by atoms with E-state index in [2.05, 4.69) is 34.3 Å². The van der Waals surface area contributed by atoms with Crippen molar-refractivity contribution in [2.24, 2.45) is 11.7 Å². The lowest BCUT2D eigenvalue weighted by molar-refractivity contribution is 0.110. The van der Waals surface area contributed by atoms with Crippen LogP contribution in [0, 0.1) is 5.92 Å². The van der Waals surface area contributed by atoms with Crippen molar-refractivity contribution < 1.29 is 0 Å². The summed E-state index contributed by atoms with van der Waals surface area (Å²) < 4.78 is 1.91.